The predicted octanol–water partition coefficient (Wildman–Crippen LogP) is -0.732. The molecule has 8 heteroatoms. The molecule has 0 aromatic carbocycles. The Balaban J connectivity index is 1.35. The van der Waals surface area contributed by atoms with Crippen LogP contribution in [0.1, 0.15) is 12.8 Å². The lowest BCUT2D eigenvalue weighted by molar-refractivity contribution is -0.158. The first-order valence-corrected chi connectivity index (χ1v) is 9.18. The van der Waals surface area contributed by atoms with Gasteiger partial charge in [0.05, 0.1) is 26.4 Å². The highest BCUT2D eigenvalue weighted by Gasteiger charge is 2.61. The lowest BCUT2D eigenvalue weighted by atomic mass is 9.81. The van der Waals surface area contributed by atoms with Gasteiger partial charge in [0.2, 0.25) is 0 Å². The van der Waals surface area contributed by atoms with Crippen LogP contribution in [0.3, 0.4) is 0 Å². The van der Waals surface area contributed by atoms with E-state index in [1.54, 1.807) is 0 Å². The number of hydrogen-bond acceptors (Lipinski definition) is 8. The summed E-state index contributed by atoms with van der Waals surface area (Å²) < 4.78 is 21.8. The highest BCUT2D eigenvalue weighted by atomic mass is 16.6. The van der Waals surface area contributed by atoms with Gasteiger partial charge in [-0.3, -0.25) is 19.4 Å². The Kier molecular flexibility index (Phi) is 4.95. The maximum absolute atomic E-state index is 12.5. The smallest absolute Gasteiger partial charge is 0.324 e. The van der Waals surface area contributed by atoms with Crippen LogP contribution in [-0.4, -0.2) is 99.6 Å². The maximum Gasteiger partial charge on any atom is 0.324 e. The Hall–Kier alpha value is -1.22. The quantitative estimate of drug-likeness (QED) is 0.483. The van der Waals surface area contributed by atoms with Gasteiger partial charge < -0.3 is 18.9 Å². The third-order valence-electron chi connectivity index (χ3n) is 5.61. The van der Waals surface area contributed by atoms with E-state index in [0.29, 0.717) is 52.4 Å². The second-order valence-electron chi connectivity index (χ2n) is 7.37. The summed E-state index contributed by atoms with van der Waals surface area (Å²) >= 11 is 0. The van der Waals surface area contributed by atoms with Crippen LogP contribution in [0.25, 0.3) is 0 Å². The molecule has 0 bridgehead atoms. The average molecular weight is 354 g/mol. The van der Waals surface area contributed by atoms with Gasteiger partial charge in [-0.05, 0) is 0 Å². The zero-order valence-corrected chi connectivity index (χ0v) is 14.5. The lowest BCUT2D eigenvalue weighted by Crippen LogP contribution is -2.41. The molecule has 4 aliphatic heterocycles. The van der Waals surface area contributed by atoms with Crippen LogP contribution >= 0.6 is 0 Å². The van der Waals surface area contributed by atoms with Gasteiger partial charge in [0.15, 0.2) is 5.41 Å². The molecule has 0 aromatic rings. The summed E-state index contributed by atoms with van der Waals surface area (Å²) in [6.45, 7) is 7.50. The number of carbonyl (C=O) groups is 2. The first-order valence-electron chi connectivity index (χ1n) is 9.18. The van der Waals surface area contributed by atoms with Crippen molar-refractivity contribution in [3.05, 3.63) is 0 Å². The molecule has 0 aromatic heterocycles. The SMILES string of the molecule is O=C1OC(CN2CCOCC2)CC12CC(CN1CCOCC1)OC2=O. The first kappa shape index (κ1) is 17.2. The van der Waals surface area contributed by atoms with Gasteiger partial charge >= 0.3 is 11.9 Å². The third kappa shape index (κ3) is 3.53. The highest BCUT2D eigenvalue weighted by molar-refractivity contribution is 6.02. The van der Waals surface area contributed by atoms with Crippen LogP contribution in [0.2, 0.25) is 0 Å². The summed E-state index contributed by atoms with van der Waals surface area (Å²) in [7, 11) is 0. The van der Waals surface area contributed by atoms with E-state index >= 15 is 0 Å². The number of ether oxygens (including phenoxy) is 4. The molecule has 0 aliphatic carbocycles. The standard InChI is InChI=1S/C17H26N2O6/c20-15-17(9-13(24-15)11-18-1-5-22-6-2-18)10-14(25-16(17)21)12-19-3-7-23-8-4-19/h13-14H,1-12H2. The van der Waals surface area contributed by atoms with Crippen molar-refractivity contribution in [2.45, 2.75) is 25.0 Å². The lowest BCUT2D eigenvalue weighted by Gasteiger charge is -2.28. The van der Waals surface area contributed by atoms with Gasteiger partial charge in [-0.25, -0.2) is 0 Å². The molecule has 0 amide bonds. The van der Waals surface area contributed by atoms with E-state index in [0.717, 1.165) is 26.2 Å². The van der Waals surface area contributed by atoms with Gasteiger partial charge in [-0.1, -0.05) is 0 Å². The molecular formula is C17H26N2O6. The molecule has 0 saturated carbocycles. The van der Waals surface area contributed by atoms with Crippen molar-refractivity contribution in [1.29, 1.82) is 0 Å². The number of cyclic esters (lactones) is 2. The molecule has 4 heterocycles. The number of hydrogen-bond donors (Lipinski definition) is 0. The van der Waals surface area contributed by atoms with E-state index in [9.17, 15) is 9.59 Å². The van der Waals surface area contributed by atoms with E-state index in [1.807, 2.05) is 0 Å². The molecule has 4 rings (SSSR count). The molecule has 1 spiro atoms. The number of nitrogens with zero attached hydrogens (tertiary/aromatic N) is 2. The third-order valence-corrected chi connectivity index (χ3v) is 5.61. The molecular weight excluding hydrogens is 328 g/mol. The Bertz CT molecular complexity index is 469. The normalized spacial score (nSPS) is 37.4. The number of esters is 2. The second kappa shape index (κ2) is 7.19. The average Bonchev–Trinajstić information content (AvgIpc) is 3.09. The molecule has 140 valence electrons. The van der Waals surface area contributed by atoms with Gasteiger partial charge in [0.1, 0.15) is 12.2 Å². The van der Waals surface area contributed by atoms with Crippen molar-refractivity contribution >= 4 is 11.9 Å². The van der Waals surface area contributed by atoms with Crippen LogP contribution in [0.15, 0.2) is 0 Å². The van der Waals surface area contributed by atoms with Crippen molar-refractivity contribution < 1.29 is 28.5 Å². The van der Waals surface area contributed by atoms with Gasteiger partial charge in [-0.2, -0.15) is 0 Å². The van der Waals surface area contributed by atoms with Gasteiger partial charge in [-0.15, -0.1) is 0 Å². The largest absolute Gasteiger partial charge is 0.460 e. The van der Waals surface area contributed by atoms with Crippen molar-refractivity contribution in [3.8, 4) is 0 Å². The Labute approximate surface area is 147 Å². The summed E-state index contributed by atoms with van der Waals surface area (Å²) in [6.07, 6.45) is 0.393. The van der Waals surface area contributed by atoms with E-state index < -0.39 is 17.4 Å². The Morgan fingerprint density at radius 3 is 1.56 bits per heavy atom. The molecule has 4 fully saturated rings. The molecule has 2 atom stereocenters. The molecule has 4 saturated heterocycles. The van der Waals surface area contributed by atoms with E-state index in [1.165, 1.54) is 0 Å². The minimum atomic E-state index is -1.09. The predicted molar refractivity (Wildman–Crippen MR) is 85.9 cm³/mol. The van der Waals surface area contributed by atoms with Crippen LogP contribution < -0.4 is 0 Å². The summed E-state index contributed by atoms with van der Waals surface area (Å²) in [5.41, 5.74) is -1.09. The van der Waals surface area contributed by atoms with Gasteiger partial charge in [0, 0.05) is 52.1 Å². The van der Waals surface area contributed by atoms with Crippen molar-refractivity contribution in [3.63, 3.8) is 0 Å². The molecule has 0 N–H and O–H groups in total. The number of rotatable bonds is 4. The van der Waals surface area contributed by atoms with Crippen LogP contribution in [-0.2, 0) is 28.5 Å². The molecule has 8 nitrogen and oxygen atoms in total. The topological polar surface area (TPSA) is 77.5 Å². The zero-order chi connectivity index (χ0) is 17.3. The maximum atomic E-state index is 12.5. The van der Waals surface area contributed by atoms with E-state index in [-0.39, 0.29) is 12.2 Å². The highest BCUT2D eigenvalue weighted by Crippen LogP contribution is 2.45. The molecule has 25 heavy (non-hydrogen) atoms. The number of carbonyl (C=O) groups excluding carboxylic acids is 2. The Morgan fingerprint density at radius 1 is 0.760 bits per heavy atom. The van der Waals surface area contributed by atoms with Crippen molar-refractivity contribution in [2.24, 2.45) is 5.41 Å². The fraction of sp³-hybridized carbons (Fsp3) is 0.882. The van der Waals surface area contributed by atoms with E-state index in [2.05, 4.69) is 9.80 Å². The minimum Gasteiger partial charge on any atom is -0.460 e. The summed E-state index contributed by atoms with van der Waals surface area (Å²) in [4.78, 5) is 29.5. The Morgan fingerprint density at radius 2 is 1.16 bits per heavy atom. The van der Waals surface area contributed by atoms with Crippen LogP contribution in [0.4, 0.5) is 0 Å². The molecule has 4 aliphatic rings. The van der Waals surface area contributed by atoms with Crippen LogP contribution in [0.5, 0.6) is 0 Å². The number of morpholine rings is 2. The van der Waals surface area contributed by atoms with Crippen molar-refractivity contribution in [1.82, 2.24) is 9.80 Å². The van der Waals surface area contributed by atoms with Crippen LogP contribution in [0, 0.1) is 5.41 Å². The van der Waals surface area contributed by atoms with E-state index in [4.69, 9.17) is 18.9 Å². The summed E-state index contributed by atoms with van der Waals surface area (Å²) in [5, 5.41) is 0. The summed E-state index contributed by atoms with van der Waals surface area (Å²) in [5.74, 6) is -0.805. The monoisotopic (exact) mass is 354 g/mol. The first-order chi connectivity index (χ1) is 12.2. The fourth-order valence-corrected chi connectivity index (χ4v) is 4.24. The fourth-order valence-electron chi connectivity index (χ4n) is 4.24. The summed E-state index contributed by atoms with van der Waals surface area (Å²) in [6, 6.07) is 0. The molecule has 2 unspecified atom stereocenters. The van der Waals surface area contributed by atoms with Gasteiger partial charge in [0.25, 0.3) is 0 Å². The zero-order valence-electron chi connectivity index (χ0n) is 14.5. The minimum absolute atomic E-state index is 0.236. The second-order valence-corrected chi connectivity index (χ2v) is 7.37. The van der Waals surface area contributed by atoms with Crippen molar-refractivity contribution in [2.75, 3.05) is 65.7 Å². The molecule has 0 radical (unpaired) electrons.